The Kier molecular flexibility index (Phi) is 6.21. The number of β-lactam (4-membered cyclic amide) rings is 1. The number of likely N-dealkylation sites (tertiary alicyclic amines) is 1. The van der Waals surface area contributed by atoms with Crippen LogP contribution in [0.15, 0.2) is 72.8 Å². The van der Waals surface area contributed by atoms with Crippen LogP contribution < -0.4 is 4.74 Å². The highest BCUT2D eigenvalue weighted by Crippen LogP contribution is 2.38. The molecule has 32 heavy (non-hydrogen) atoms. The molecule has 0 aromatic heterocycles. The fourth-order valence-corrected chi connectivity index (χ4v) is 3.90. The monoisotopic (exact) mass is 433 g/mol. The lowest BCUT2D eigenvalue weighted by Crippen LogP contribution is -2.61. The lowest BCUT2D eigenvalue weighted by atomic mass is 9.89. The van der Waals surface area contributed by atoms with Crippen LogP contribution in [0.1, 0.15) is 33.1 Å². The second-order valence-electron chi connectivity index (χ2n) is 7.77. The minimum Gasteiger partial charge on any atom is -0.478 e. The number of carbonyl (C=O) groups is 2. The van der Waals surface area contributed by atoms with Crippen molar-refractivity contribution in [1.82, 2.24) is 4.90 Å². The predicted molar refractivity (Wildman–Crippen MR) is 118 cm³/mol. The normalized spacial score (nSPS) is 17.6. The first-order valence-corrected chi connectivity index (χ1v) is 10.4. The van der Waals surface area contributed by atoms with Gasteiger partial charge in [-0.25, -0.2) is 9.18 Å². The van der Waals surface area contributed by atoms with Crippen LogP contribution in [0.5, 0.6) is 5.75 Å². The molecular formula is C26H24FNO4. The van der Waals surface area contributed by atoms with Crippen LogP contribution in [0.2, 0.25) is 0 Å². The van der Waals surface area contributed by atoms with Crippen LogP contribution in [0.4, 0.5) is 4.39 Å². The number of halogens is 1. The summed E-state index contributed by atoms with van der Waals surface area (Å²) in [5, 5.41) is 0. The van der Waals surface area contributed by atoms with Crippen molar-refractivity contribution in [2.75, 3.05) is 13.7 Å². The highest BCUT2D eigenvalue weighted by Gasteiger charge is 2.49. The van der Waals surface area contributed by atoms with Crippen molar-refractivity contribution in [2.24, 2.45) is 0 Å². The number of para-hydroxylation sites is 1. The van der Waals surface area contributed by atoms with Gasteiger partial charge in [0, 0.05) is 6.54 Å². The SMILES string of the molecule is COC(=O)c1ccc([C@@H]2[C@@H](Oc3ccccc3C)C(=O)N2CCc2ccc(F)cc2)cc1. The van der Waals surface area contributed by atoms with Gasteiger partial charge in [-0.1, -0.05) is 42.5 Å². The van der Waals surface area contributed by atoms with Crippen LogP contribution in [-0.2, 0) is 16.0 Å². The molecule has 0 unspecified atom stereocenters. The Morgan fingerprint density at radius 3 is 2.34 bits per heavy atom. The van der Waals surface area contributed by atoms with E-state index in [-0.39, 0.29) is 17.8 Å². The molecule has 1 saturated heterocycles. The maximum absolute atomic E-state index is 13.2. The van der Waals surface area contributed by atoms with Gasteiger partial charge in [-0.05, 0) is 60.4 Å². The smallest absolute Gasteiger partial charge is 0.337 e. The fraction of sp³-hybridized carbons (Fsp3) is 0.231. The Bertz CT molecular complexity index is 1110. The Morgan fingerprint density at radius 1 is 1.00 bits per heavy atom. The van der Waals surface area contributed by atoms with Gasteiger partial charge in [-0.3, -0.25) is 4.79 Å². The van der Waals surface area contributed by atoms with Crippen molar-refractivity contribution in [3.63, 3.8) is 0 Å². The molecule has 164 valence electrons. The molecule has 3 aromatic carbocycles. The van der Waals surface area contributed by atoms with Gasteiger partial charge >= 0.3 is 5.97 Å². The van der Waals surface area contributed by atoms with E-state index in [0.29, 0.717) is 24.3 Å². The van der Waals surface area contributed by atoms with Crippen molar-refractivity contribution >= 4 is 11.9 Å². The Hall–Kier alpha value is -3.67. The van der Waals surface area contributed by atoms with Crippen molar-refractivity contribution in [3.8, 4) is 5.75 Å². The maximum atomic E-state index is 13.2. The fourth-order valence-electron chi connectivity index (χ4n) is 3.90. The van der Waals surface area contributed by atoms with Gasteiger partial charge in [0.15, 0.2) is 0 Å². The van der Waals surface area contributed by atoms with Gasteiger partial charge in [0.25, 0.3) is 5.91 Å². The number of hydrogen-bond acceptors (Lipinski definition) is 4. The zero-order valence-electron chi connectivity index (χ0n) is 18.0. The average molecular weight is 433 g/mol. The lowest BCUT2D eigenvalue weighted by molar-refractivity contribution is -0.164. The minimum absolute atomic E-state index is 0.0996. The lowest BCUT2D eigenvalue weighted by Gasteiger charge is -2.47. The molecule has 0 aliphatic carbocycles. The number of amides is 1. The van der Waals surface area contributed by atoms with Crippen molar-refractivity contribution in [1.29, 1.82) is 0 Å². The van der Waals surface area contributed by atoms with Crippen molar-refractivity contribution in [3.05, 3.63) is 101 Å². The van der Waals surface area contributed by atoms with E-state index in [0.717, 1.165) is 16.7 Å². The number of ether oxygens (including phenoxy) is 2. The zero-order chi connectivity index (χ0) is 22.7. The number of nitrogens with zero attached hydrogens (tertiary/aromatic N) is 1. The summed E-state index contributed by atoms with van der Waals surface area (Å²) >= 11 is 0. The summed E-state index contributed by atoms with van der Waals surface area (Å²) in [4.78, 5) is 26.6. The molecule has 3 aromatic rings. The topological polar surface area (TPSA) is 55.8 Å². The van der Waals surface area contributed by atoms with Gasteiger partial charge in [-0.2, -0.15) is 0 Å². The van der Waals surface area contributed by atoms with Gasteiger partial charge < -0.3 is 14.4 Å². The van der Waals surface area contributed by atoms with Crippen LogP contribution >= 0.6 is 0 Å². The minimum atomic E-state index is -0.659. The Labute approximate surface area is 186 Å². The first-order valence-electron chi connectivity index (χ1n) is 10.4. The molecule has 0 radical (unpaired) electrons. The van der Waals surface area contributed by atoms with Gasteiger partial charge in [0.1, 0.15) is 17.6 Å². The number of rotatable bonds is 7. The Balaban J connectivity index is 1.57. The highest BCUT2D eigenvalue weighted by molar-refractivity contribution is 5.91. The first kappa shape index (κ1) is 21.6. The van der Waals surface area contributed by atoms with Crippen LogP contribution in [-0.4, -0.2) is 36.5 Å². The molecule has 5 nitrogen and oxygen atoms in total. The standard InChI is InChI=1S/C26H24FNO4/c1-17-5-3-4-6-22(17)32-24-23(19-9-11-20(12-10-19)26(30)31-2)28(25(24)29)16-15-18-7-13-21(27)14-8-18/h3-14,23-24H,15-16H2,1-2H3/t23-,24-/m1/s1. The van der Waals surface area contributed by atoms with Gasteiger partial charge in [-0.15, -0.1) is 0 Å². The van der Waals surface area contributed by atoms with Crippen LogP contribution in [0, 0.1) is 12.7 Å². The third-order valence-electron chi connectivity index (χ3n) is 5.72. The third kappa shape index (κ3) is 4.35. The van der Waals surface area contributed by atoms with E-state index in [9.17, 15) is 14.0 Å². The molecule has 1 amide bonds. The second kappa shape index (κ2) is 9.22. The molecule has 1 fully saturated rings. The molecule has 0 bridgehead atoms. The third-order valence-corrected chi connectivity index (χ3v) is 5.72. The summed E-state index contributed by atoms with van der Waals surface area (Å²) in [5.41, 5.74) is 3.21. The van der Waals surface area contributed by atoms with E-state index in [1.807, 2.05) is 43.3 Å². The molecule has 0 N–H and O–H groups in total. The summed E-state index contributed by atoms with van der Waals surface area (Å²) in [6.07, 6.45) is -0.0619. The molecule has 1 heterocycles. The predicted octanol–water partition coefficient (Wildman–Crippen LogP) is 4.49. The van der Waals surface area contributed by atoms with E-state index in [1.54, 1.807) is 29.2 Å². The van der Waals surface area contributed by atoms with Crippen molar-refractivity contribution in [2.45, 2.75) is 25.5 Å². The summed E-state index contributed by atoms with van der Waals surface area (Å²) in [5.74, 6) is -0.135. The number of benzene rings is 3. The molecule has 1 aliphatic rings. The largest absolute Gasteiger partial charge is 0.478 e. The van der Waals surface area contributed by atoms with E-state index < -0.39 is 12.1 Å². The molecule has 2 atom stereocenters. The number of aryl methyl sites for hydroxylation is 1. The van der Waals surface area contributed by atoms with Gasteiger partial charge in [0.2, 0.25) is 6.10 Å². The molecule has 4 rings (SSSR count). The van der Waals surface area contributed by atoms with E-state index >= 15 is 0 Å². The van der Waals surface area contributed by atoms with Crippen molar-refractivity contribution < 1.29 is 23.5 Å². The molecule has 0 spiro atoms. The Morgan fingerprint density at radius 2 is 1.69 bits per heavy atom. The molecular weight excluding hydrogens is 409 g/mol. The molecule has 1 aliphatic heterocycles. The zero-order valence-corrected chi connectivity index (χ0v) is 18.0. The number of esters is 1. The number of methoxy groups -OCH3 is 1. The molecule has 6 heteroatoms. The molecule has 0 saturated carbocycles. The first-order chi connectivity index (χ1) is 15.5. The summed E-state index contributed by atoms with van der Waals surface area (Å²) in [6, 6.07) is 20.6. The highest BCUT2D eigenvalue weighted by atomic mass is 19.1. The second-order valence-corrected chi connectivity index (χ2v) is 7.77. The summed E-state index contributed by atoms with van der Waals surface area (Å²) in [7, 11) is 1.34. The van der Waals surface area contributed by atoms with Gasteiger partial charge in [0.05, 0.1) is 12.7 Å². The maximum Gasteiger partial charge on any atom is 0.337 e. The van der Waals surface area contributed by atoms with E-state index in [1.165, 1.54) is 19.2 Å². The van der Waals surface area contributed by atoms with Crippen LogP contribution in [0.3, 0.4) is 0 Å². The number of carbonyl (C=O) groups excluding carboxylic acids is 2. The summed E-state index contributed by atoms with van der Waals surface area (Å²) in [6.45, 7) is 2.41. The summed E-state index contributed by atoms with van der Waals surface area (Å²) < 4.78 is 24.1. The number of hydrogen-bond donors (Lipinski definition) is 0. The van der Waals surface area contributed by atoms with E-state index in [4.69, 9.17) is 9.47 Å². The van der Waals surface area contributed by atoms with Crippen LogP contribution in [0.25, 0.3) is 0 Å². The average Bonchev–Trinajstić information content (AvgIpc) is 2.82. The quantitative estimate of drug-likeness (QED) is 0.407. The van der Waals surface area contributed by atoms with E-state index in [2.05, 4.69) is 0 Å².